The number of hydrogen-bond acceptors (Lipinski definition) is 4. The first-order valence-corrected chi connectivity index (χ1v) is 5.87. The number of rotatable bonds is 2. The van der Waals surface area contributed by atoms with Gasteiger partial charge in [0.15, 0.2) is 0 Å². The molecule has 1 aliphatic heterocycles. The van der Waals surface area contributed by atoms with E-state index in [0.717, 1.165) is 44.1 Å². The lowest BCUT2D eigenvalue weighted by Crippen LogP contribution is -2.27. The van der Waals surface area contributed by atoms with Crippen molar-refractivity contribution in [1.82, 2.24) is 4.98 Å². The third kappa shape index (κ3) is 2.45. The van der Waals surface area contributed by atoms with Gasteiger partial charge in [-0.1, -0.05) is 11.6 Å². The summed E-state index contributed by atoms with van der Waals surface area (Å²) in [6.45, 7) is 3.75. The van der Waals surface area contributed by atoms with Gasteiger partial charge in [-0.05, 0) is 18.1 Å². The highest BCUT2D eigenvalue weighted by Crippen LogP contribution is 2.27. The third-order valence-electron chi connectivity index (χ3n) is 2.69. The standard InChI is InChI=1S/C11H16ClN3O/c12-10-9(8-13)2-3-14-11(10)15-4-1-6-16-7-5-15/h2-3H,1,4-8,13H2. The van der Waals surface area contributed by atoms with Gasteiger partial charge in [0.2, 0.25) is 0 Å². The van der Waals surface area contributed by atoms with Crippen LogP contribution in [0.1, 0.15) is 12.0 Å². The lowest BCUT2D eigenvalue weighted by molar-refractivity contribution is 0.152. The molecular formula is C11H16ClN3O. The van der Waals surface area contributed by atoms with E-state index in [0.29, 0.717) is 11.6 Å². The molecule has 2 rings (SSSR count). The lowest BCUT2D eigenvalue weighted by atomic mass is 10.2. The fraction of sp³-hybridized carbons (Fsp3) is 0.545. The Morgan fingerprint density at radius 3 is 3.12 bits per heavy atom. The maximum absolute atomic E-state index is 6.27. The van der Waals surface area contributed by atoms with Crippen molar-refractivity contribution < 1.29 is 4.74 Å². The maximum atomic E-state index is 6.27. The van der Waals surface area contributed by atoms with Gasteiger partial charge in [-0.3, -0.25) is 0 Å². The third-order valence-corrected chi connectivity index (χ3v) is 3.10. The van der Waals surface area contributed by atoms with E-state index in [1.165, 1.54) is 0 Å². The maximum Gasteiger partial charge on any atom is 0.147 e. The van der Waals surface area contributed by atoms with Gasteiger partial charge in [-0.25, -0.2) is 4.98 Å². The number of nitrogens with zero attached hydrogens (tertiary/aromatic N) is 2. The molecule has 1 saturated heterocycles. The van der Waals surface area contributed by atoms with Crippen LogP contribution in [0.3, 0.4) is 0 Å². The number of nitrogens with two attached hydrogens (primary N) is 1. The SMILES string of the molecule is NCc1ccnc(N2CCCOCC2)c1Cl. The van der Waals surface area contributed by atoms with Gasteiger partial charge in [0.25, 0.3) is 0 Å². The van der Waals surface area contributed by atoms with Crippen LogP contribution < -0.4 is 10.6 Å². The predicted octanol–water partition coefficient (Wildman–Crippen LogP) is 1.42. The van der Waals surface area contributed by atoms with E-state index in [2.05, 4.69) is 9.88 Å². The zero-order valence-corrected chi connectivity index (χ0v) is 9.91. The van der Waals surface area contributed by atoms with E-state index in [-0.39, 0.29) is 0 Å². The Hall–Kier alpha value is -0.840. The summed E-state index contributed by atoms with van der Waals surface area (Å²) in [5.74, 6) is 0.829. The molecule has 0 saturated carbocycles. The molecule has 1 aliphatic rings. The van der Waals surface area contributed by atoms with Gasteiger partial charge in [0, 0.05) is 32.4 Å². The largest absolute Gasteiger partial charge is 0.380 e. The molecule has 1 aromatic rings. The fourth-order valence-electron chi connectivity index (χ4n) is 1.81. The van der Waals surface area contributed by atoms with E-state index < -0.39 is 0 Å². The summed E-state index contributed by atoms with van der Waals surface area (Å²) >= 11 is 6.27. The monoisotopic (exact) mass is 241 g/mol. The Balaban J connectivity index is 2.24. The Morgan fingerprint density at radius 1 is 1.44 bits per heavy atom. The molecule has 0 spiro atoms. The van der Waals surface area contributed by atoms with Crippen LogP contribution in [0.25, 0.3) is 0 Å². The van der Waals surface area contributed by atoms with Gasteiger partial charge >= 0.3 is 0 Å². The summed E-state index contributed by atoms with van der Waals surface area (Å²) in [4.78, 5) is 6.50. The minimum Gasteiger partial charge on any atom is -0.380 e. The zero-order chi connectivity index (χ0) is 11.4. The molecule has 0 radical (unpaired) electrons. The lowest BCUT2D eigenvalue weighted by Gasteiger charge is -2.22. The van der Waals surface area contributed by atoms with Crippen LogP contribution >= 0.6 is 11.6 Å². The Morgan fingerprint density at radius 2 is 2.31 bits per heavy atom. The molecule has 0 amide bonds. The fourth-order valence-corrected chi connectivity index (χ4v) is 2.12. The minimum absolute atomic E-state index is 0.443. The van der Waals surface area contributed by atoms with Crippen LogP contribution in [0.15, 0.2) is 12.3 Å². The van der Waals surface area contributed by atoms with Crippen LogP contribution in [0.5, 0.6) is 0 Å². The molecule has 4 nitrogen and oxygen atoms in total. The molecule has 2 heterocycles. The molecule has 5 heteroatoms. The van der Waals surface area contributed by atoms with Crippen molar-refractivity contribution in [2.75, 3.05) is 31.2 Å². The molecule has 88 valence electrons. The second kappa shape index (κ2) is 5.48. The van der Waals surface area contributed by atoms with Crippen LogP contribution in [0.2, 0.25) is 5.02 Å². The smallest absolute Gasteiger partial charge is 0.147 e. The predicted molar refractivity (Wildman–Crippen MR) is 64.8 cm³/mol. The van der Waals surface area contributed by atoms with Crippen LogP contribution in [-0.4, -0.2) is 31.3 Å². The van der Waals surface area contributed by atoms with Gasteiger partial charge in [-0.2, -0.15) is 0 Å². The normalized spacial score (nSPS) is 17.2. The Bertz CT molecular complexity index is 351. The molecule has 1 aromatic heterocycles. The topological polar surface area (TPSA) is 51.4 Å². The second-order valence-electron chi connectivity index (χ2n) is 3.76. The molecule has 0 unspecified atom stereocenters. The Kier molecular flexibility index (Phi) is 3.98. The summed E-state index contributed by atoms with van der Waals surface area (Å²) in [6.07, 6.45) is 2.76. The highest BCUT2D eigenvalue weighted by Gasteiger charge is 2.15. The summed E-state index contributed by atoms with van der Waals surface area (Å²) < 4.78 is 5.41. The van der Waals surface area contributed by atoms with E-state index in [9.17, 15) is 0 Å². The zero-order valence-electron chi connectivity index (χ0n) is 9.16. The molecule has 16 heavy (non-hydrogen) atoms. The number of hydrogen-bond donors (Lipinski definition) is 1. The summed E-state index contributed by atoms with van der Waals surface area (Å²) in [6, 6.07) is 1.86. The molecule has 0 bridgehead atoms. The number of ether oxygens (including phenoxy) is 1. The van der Waals surface area contributed by atoms with Crippen molar-refractivity contribution in [3.8, 4) is 0 Å². The second-order valence-corrected chi connectivity index (χ2v) is 4.14. The van der Waals surface area contributed by atoms with Gasteiger partial charge in [0.05, 0.1) is 11.6 Å². The van der Waals surface area contributed by atoms with Crippen molar-refractivity contribution in [3.05, 3.63) is 22.8 Å². The van der Waals surface area contributed by atoms with Crippen molar-refractivity contribution in [2.45, 2.75) is 13.0 Å². The summed E-state index contributed by atoms with van der Waals surface area (Å²) in [7, 11) is 0. The molecule has 0 aromatic carbocycles. The van der Waals surface area contributed by atoms with Crippen molar-refractivity contribution >= 4 is 17.4 Å². The highest BCUT2D eigenvalue weighted by atomic mass is 35.5. The number of pyridine rings is 1. The van der Waals surface area contributed by atoms with Crippen molar-refractivity contribution in [2.24, 2.45) is 5.73 Å². The van der Waals surface area contributed by atoms with Crippen molar-refractivity contribution in [1.29, 1.82) is 0 Å². The van der Waals surface area contributed by atoms with E-state index in [1.807, 2.05) is 6.07 Å². The van der Waals surface area contributed by atoms with Crippen LogP contribution in [0.4, 0.5) is 5.82 Å². The van der Waals surface area contributed by atoms with Gasteiger partial charge < -0.3 is 15.4 Å². The molecule has 2 N–H and O–H groups in total. The van der Waals surface area contributed by atoms with E-state index >= 15 is 0 Å². The van der Waals surface area contributed by atoms with Crippen LogP contribution in [-0.2, 0) is 11.3 Å². The van der Waals surface area contributed by atoms with Gasteiger partial charge in [0.1, 0.15) is 5.82 Å². The average molecular weight is 242 g/mol. The van der Waals surface area contributed by atoms with E-state index in [4.69, 9.17) is 22.1 Å². The number of anilines is 1. The first-order valence-electron chi connectivity index (χ1n) is 5.49. The number of aromatic nitrogens is 1. The number of halogens is 1. The average Bonchev–Trinajstić information content (AvgIpc) is 2.58. The van der Waals surface area contributed by atoms with Crippen LogP contribution in [0, 0.1) is 0 Å². The highest BCUT2D eigenvalue weighted by molar-refractivity contribution is 6.33. The summed E-state index contributed by atoms with van der Waals surface area (Å²) in [5, 5.41) is 0.673. The summed E-state index contributed by atoms with van der Waals surface area (Å²) in [5.41, 5.74) is 6.57. The van der Waals surface area contributed by atoms with Crippen molar-refractivity contribution in [3.63, 3.8) is 0 Å². The molecule has 1 fully saturated rings. The molecule has 0 atom stereocenters. The first-order chi connectivity index (χ1) is 7.83. The molecule has 0 aliphatic carbocycles. The Labute approximate surface area is 100 Å². The first kappa shape index (κ1) is 11.6. The molecular weight excluding hydrogens is 226 g/mol. The minimum atomic E-state index is 0.443. The quantitative estimate of drug-likeness (QED) is 0.851. The van der Waals surface area contributed by atoms with Gasteiger partial charge in [-0.15, -0.1) is 0 Å². The van der Waals surface area contributed by atoms with E-state index in [1.54, 1.807) is 6.20 Å².